The summed E-state index contributed by atoms with van der Waals surface area (Å²) in [6.45, 7) is 0.396. The summed E-state index contributed by atoms with van der Waals surface area (Å²) in [7, 11) is 0. The molecule has 142 valence electrons. The van der Waals surface area contributed by atoms with Gasteiger partial charge in [0.15, 0.2) is 0 Å². The summed E-state index contributed by atoms with van der Waals surface area (Å²) >= 11 is 0. The summed E-state index contributed by atoms with van der Waals surface area (Å²) in [5.41, 5.74) is 9.18. The number of nitro benzene ring substituents is 1. The van der Waals surface area contributed by atoms with Crippen LogP contribution in [0.25, 0.3) is 0 Å². The van der Waals surface area contributed by atoms with Crippen LogP contribution in [0.1, 0.15) is 28.3 Å². The largest absolute Gasteiger partial charge is 0.368 e. The Morgan fingerprint density at radius 2 is 1.71 bits per heavy atom. The SMILES string of the molecule is NC(=O)C(NCc1ccncc1Cc1ccncc1)c1ccc([N+](=O)[O-])cc1. The van der Waals surface area contributed by atoms with Gasteiger partial charge in [0.05, 0.1) is 4.92 Å². The number of nitrogens with one attached hydrogen (secondary N) is 1. The zero-order valence-electron chi connectivity index (χ0n) is 15.0. The number of nitrogens with two attached hydrogens (primary N) is 1. The second kappa shape index (κ2) is 8.83. The Bertz CT molecular complexity index is 961. The van der Waals surface area contributed by atoms with Gasteiger partial charge in [0.1, 0.15) is 6.04 Å². The van der Waals surface area contributed by atoms with E-state index >= 15 is 0 Å². The second-order valence-electron chi connectivity index (χ2n) is 6.24. The van der Waals surface area contributed by atoms with Crippen molar-refractivity contribution in [1.82, 2.24) is 15.3 Å². The Hall–Kier alpha value is -3.65. The van der Waals surface area contributed by atoms with E-state index in [0.29, 0.717) is 18.5 Å². The minimum absolute atomic E-state index is 0.0410. The average Bonchev–Trinajstić information content (AvgIpc) is 2.70. The highest BCUT2D eigenvalue weighted by Crippen LogP contribution is 2.19. The van der Waals surface area contributed by atoms with Crippen LogP contribution in [0.2, 0.25) is 0 Å². The Labute approximate surface area is 161 Å². The first-order valence-electron chi connectivity index (χ1n) is 8.62. The molecule has 0 bridgehead atoms. The standard InChI is InChI=1S/C20H19N5O3/c21-20(26)19(15-1-3-18(4-2-15)25(27)28)24-13-16-7-10-23-12-17(16)11-14-5-8-22-9-6-14/h1-10,12,19,24H,11,13H2,(H2,21,26). The van der Waals surface area contributed by atoms with E-state index in [4.69, 9.17) is 5.73 Å². The third-order valence-corrected chi connectivity index (χ3v) is 4.37. The highest BCUT2D eigenvalue weighted by Gasteiger charge is 2.19. The van der Waals surface area contributed by atoms with Crippen LogP contribution < -0.4 is 11.1 Å². The number of nitrogens with zero attached hydrogens (tertiary/aromatic N) is 3. The van der Waals surface area contributed by atoms with E-state index in [0.717, 1.165) is 16.7 Å². The van der Waals surface area contributed by atoms with Crippen LogP contribution in [0.3, 0.4) is 0 Å². The molecule has 1 unspecified atom stereocenters. The lowest BCUT2D eigenvalue weighted by Crippen LogP contribution is -2.33. The molecule has 3 N–H and O–H groups in total. The molecular weight excluding hydrogens is 358 g/mol. The molecule has 0 aliphatic heterocycles. The van der Waals surface area contributed by atoms with Crippen LogP contribution in [-0.2, 0) is 17.8 Å². The fourth-order valence-electron chi connectivity index (χ4n) is 2.89. The lowest BCUT2D eigenvalue weighted by Gasteiger charge is -2.17. The number of nitro groups is 1. The summed E-state index contributed by atoms with van der Waals surface area (Å²) in [6.07, 6.45) is 7.65. The van der Waals surface area contributed by atoms with Gasteiger partial charge in [-0.05, 0) is 46.9 Å². The number of hydrogen-bond acceptors (Lipinski definition) is 6. The predicted octanol–water partition coefficient (Wildman–Crippen LogP) is 2.29. The number of carbonyl (C=O) groups excluding carboxylic acids is 1. The first-order valence-corrected chi connectivity index (χ1v) is 8.62. The van der Waals surface area contributed by atoms with Crippen molar-refractivity contribution in [2.45, 2.75) is 19.0 Å². The highest BCUT2D eigenvalue weighted by atomic mass is 16.6. The summed E-state index contributed by atoms with van der Waals surface area (Å²) < 4.78 is 0. The van der Waals surface area contributed by atoms with Crippen LogP contribution in [0.4, 0.5) is 5.69 Å². The van der Waals surface area contributed by atoms with E-state index in [1.54, 1.807) is 24.8 Å². The smallest absolute Gasteiger partial charge is 0.269 e. The van der Waals surface area contributed by atoms with Gasteiger partial charge in [0.2, 0.25) is 5.91 Å². The van der Waals surface area contributed by atoms with E-state index in [-0.39, 0.29) is 5.69 Å². The summed E-state index contributed by atoms with van der Waals surface area (Å²) in [4.78, 5) is 30.4. The van der Waals surface area contributed by atoms with Crippen molar-refractivity contribution in [2.75, 3.05) is 0 Å². The van der Waals surface area contributed by atoms with Crippen molar-refractivity contribution in [3.05, 3.63) is 99.6 Å². The zero-order chi connectivity index (χ0) is 19.9. The number of pyridine rings is 2. The van der Waals surface area contributed by atoms with Gasteiger partial charge >= 0.3 is 0 Å². The van der Waals surface area contributed by atoms with Gasteiger partial charge in [-0.3, -0.25) is 30.2 Å². The van der Waals surface area contributed by atoms with Gasteiger partial charge in [0.25, 0.3) is 5.69 Å². The summed E-state index contributed by atoms with van der Waals surface area (Å²) in [6, 6.07) is 10.8. The van der Waals surface area contributed by atoms with Gasteiger partial charge in [-0.1, -0.05) is 12.1 Å². The number of aromatic nitrogens is 2. The lowest BCUT2D eigenvalue weighted by atomic mass is 10.0. The Balaban J connectivity index is 1.75. The third kappa shape index (κ3) is 4.74. The van der Waals surface area contributed by atoms with Crippen LogP contribution in [0, 0.1) is 10.1 Å². The van der Waals surface area contributed by atoms with Gasteiger partial charge in [0, 0.05) is 43.5 Å². The number of amides is 1. The zero-order valence-corrected chi connectivity index (χ0v) is 15.0. The van der Waals surface area contributed by atoms with Gasteiger partial charge < -0.3 is 5.73 Å². The molecule has 0 radical (unpaired) electrons. The first-order chi connectivity index (χ1) is 13.5. The quantitative estimate of drug-likeness (QED) is 0.458. The molecule has 3 rings (SSSR count). The van der Waals surface area contributed by atoms with E-state index in [1.807, 2.05) is 18.2 Å². The maximum atomic E-state index is 11.9. The second-order valence-corrected chi connectivity index (χ2v) is 6.24. The topological polar surface area (TPSA) is 124 Å². The number of carbonyl (C=O) groups is 1. The summed E-state index contributed by atoms with van der Waals surface area (Å²) in [5.74, 6) is -0.557. The Morgan fingerprint density at radius 1 is 1.04 bits per heavy atom. The fourth-order valence-corrected chi connectivity index (χ4v) is 2.89. The van der Waals surface area contributed by atoms with Crippen molar-refractivity contribution in [1.29, 1.82) is 0 Å². The molecule has 8 heteroatoms. The van der Waals surface area contributed by atoms with Gasteiger partial charge in [-0.25, -0.2) is 0 Å². The van der Waals surface area contributed by atoms with Crippen molar-refractivity contribution in [3.63, 3.8) is 0 Å². The van der Waals surface area contributed by atoms with Crippen molar-refractivity contribution in [3.8, 4) is 0 Å². The van der Waals surface area contributed by atoms with Gasteiger partial charge in [-0.2, -0.15) is 0 Å². The highest BCUT2D eigenvalue weighted by molar-refractivity contribution is 5.81. The molecule has 2 heterocycles. The van der Waals surface area contributed by atoms with E-state index in [9.17, 15) is 14.9 Å². The Morgan fingerprint density at radius 3 is 2.36 bits per heavy atom. The molecule has 1 atom stereocenters. The number of benzene rings is 1. The molecular formula is C20H19N5O3. The molecule has 8 nitrogen and oxygen atoms in total. The molecule has 1 amide bonds. The van der Waals surface area contributed by atoms with Crippen LogP contribution in [-0.4, -0.2) is 20.8 Å². The monoisotopic (exact) mass is 377 g/mol. The molecule has 28 heavy (non-hydrogen) atoms. The number of rotatable bonds is 8. The first kappa shape index (κ1) is 19.1. The van der Waals surface area contributed by atoms with Gasteiger partial charge in [-0.15, -0.1) is 0 Å². The maximum Gasteiger partial charge on any atom is 0.269 e. The molecule has 3 aromatic rings. The third-order valence-electron chi connectivity index (χ3n) is 4.37. The fraction of sp³-hybridized carbons (Fsp3) is 0.150. The minimum Gasteiger partial charge on any atom is -0.368 e. The lowest BCUT2D eigenvalue weighted by molar-refractivity contribution is -0.384. The molecule has 0 saturated heterocycles. The molecule has 0 aliphatic carbocycles. The van der Waals surface area contributed by atoms with Crippen molar-refractivity contribution >= 4 is 11.6 Å². The van der Waals surface area contributed by atoms with E-state index in [2.05, 4.69) is 15.3 Å². The number of primary amides is 1. The molecule has 1 aromatic carbocycles. The maximum absolute atomic E-state index is 11.9. The summed E-state index contributed by atoms with van der Waals surface area (Å²) in [5, 5.41) is 13.9. The molecule has 2 aromatic heterocycles. The molecule has 0 aliphatic rings. The van der Waals surface area contributed by atoms with Crippen LogP contribution in [0.15, 0.2) is 67.3 Å². The van der Waals surface area contributed by atoms with Crippen molar-refractivity contribution in [2.24, 2.45) is 5.73 Å². The normalized spacial score (nSPS) is 11.7. The minimum atomic E-state index is -0.761. The van der Waals surface area contributed by atoms with E-state index in [1.165, 1.54) is 24.3 Å². The van der Waals surface area contributed by atoms with Crippen LogP contribution >= 0.6 is 0 Å². The predicted molar refractivity (Wildman–Crippen MR) is 103 cm³/mol. The van der Waals surface area contributed by atoms with E-state index < -0.39 is 16.9 Å². The average molecular weight is 377 g/mol. The van der Waals surface area contributed by atoms with Crippen LogP contribution in [0.5, 0.6) is 0 Å². The molecule has 0 spiro atoms. The van der Waals surface area contributed by atoms with Crippen molar-refractivity contribution < 1.29 is 9.72 Å². The molecule has 0 saturated carbocycles. The number of non-ortho nitro benzene ring substituents is 1. The number of hydrogen-bond donors (Lipinski definition) is 2. The Kier molecular flexibility index (Phi) is 6.03. The molecule has 0 fully saturated rings.